The molecule has 0 unspecified atom stereocenters. The topological polar surface area (TPSA) is 145 Å². The lowest BCUT2D eigenvalue weighted by atomic mass is 9.95. The minimum atomic E-state index is -0.920. The minimum Gasteiger partial charge on any atom is -0.482 e. The highest BCUT2D eigenvalue weighted by Crippen LogP contribution is 2.26. The summed E-state index contributed by atoms with van der Waals surface area (Å²) >= 11 is 0. The molecule has 1 fully saturated rings. The average Bonchev–Trinajstić information content (AvgIpc) is 3.34. The number of nitrogens with one attached hydrogen (secondary N) is 3. The van der Waals surface area contributed by atoms with Gasteiger partial charge in [0.25, 0.3) is 5.91 Å². The van der Waals surface area contributed by atoms with Crippen LogP contribution in [0.25, 0.3) is 10.9 Å². The number of hydrogen-bond acceptors (Lipinski definition) is 8. The molecule has 1 atom stereocenters. The first kappa shape index (κ1) is 26.8. The van der Waals surface area contributed by atoms with Crippen LogP contribution in [0.3, 0.4) is 0 Å². The highest BCUT2D eigenvalue weighted by Gasteiger charge is 2.24. The van der Waals surface area contributed by atoms with E-state index in [2.05, 4.69) is 20.4 Å². The summed E-state index contributed by atoms with van der Waals surface area (Å²) in [5.74, 6) is -0.965. The summed E-state index contributed by atoms with van der Waals surface area (Å²) in [5.41, 5.74) is 9.42. The molecule has 202 valence electrons. The lowest BCUT2D eigenvalue weighted by Crippen LogP contribution is -2.43. The van der Waals surface area contributed by atoms with Gasteiger partial charge in [-0.1, -0.05) is 19.3 Å². The molecule has 1 aromatic heterocycles. The van der Waals surface area contributed by atoms with Gasteiger partial charge in [-0.2, -0.15) is 0 Å². The van der Waals surface area contributed by atoms with Crippen LogP contribution in [0.2, 0.25) is 0 Å². The second-order valence-electron chi connectivity index (χ2n) is 9.44. The molecule has 1 saturated carbocycles. The molecule has 4 rings (SSSR count). The Hall–Kier alpha value is -4.21. The lowest BCUT2D eigenvalue weighted by Gasteiger charge is -2.24. The fraction of sp³-hybridized carbons (Fsp3) is 0.393. The smallest absolute Gasteiger partial charge is 0.343 e. The Bertz CT molecular complexity index is 1300. The monoisotopic (exact) mass is 522 g/mol. The van der Waals surface area contributed by atoms with Crippen LogP contribution in [-0.2, 0) is 25.5 Å². The molecular formula is C28H34N4O6. The summed E-state index contributed by atoms with van der Waals surface area (Å²) in [4.78, 5) is 40.1. The number of aromatic nitrogens is 1. The number of methoxy groups -OCH3 is 2. The van der Waals surface area contributed by atoms with Crippen molar-refractivity contribution in [2.45, 2.75) is 50.6 Å². The summed E-state index contributed by atoms with van der Waals surface area (Å²) in [6, 6.07) is 11.8. The molecule has 1 aliphatic rings. The van der Waals surface area contributed by atoms with Crippen molar-refractivity contribution in [2.75, 3.05) is 31.9 Å². The van der Waals surface area contributed by atoms with Gasteiger partial charge in [-0.25, -0.2) is 9.59 Å². The third-order valence-electron chi connectivity index (χ3n) is 6.73. The number of hydrogen-bond donors (Lipinski definition) is 4. The number of anilines is 2. The van der Waals surface area contributed by atoms with Crippen molar-refractivity contribution in [1.82, 2.24) is 10.3 Å². The number of nitrogen functional groups attached to an aromatic ring is 1. The first-order chi connectivity index (χ1) is 18.4. The van der Waals surface area contributed by atoms with Crippen LogP contribution in [0, 0.1) is 0 Å². The van der Waals surface area contributed by atoms with Gasteiger partial charge < -0.3 is 35.6 Å². The van der Waals surface area contributed by atoms with Crippen LogP contribution >= 0.6 is 0 Å². The summed E-state index contributed by atoms with van der Waals surface area (Å²) in [6.07, 6.45) is 6.07. The van der Waals surface area contributed by atoms with E-state index in [0.717, 1.165) is 29.4 Å². The van der Waals surface area contributed by atoms with E-state index in [1.165, 1.54) is 33.5 Å². The number of aromatic amines is 1. The molecule has 0 aliphatic heterocycles. The summed E-state index contributed by atoms with van der Waals surface area (Å²) in [6.45, 7) is -0.197. The maximum Gasteiger partial charge on any atom is 0.343 e. The van der Waals surface area contributed by atoms with Gasteiger partial charge in [0.2, 0.25) is 0 Å². The molecule has 0 bridgehead atoms. The molecule has 1 aliphatic carbocycles. The highest BCUT2D eigenvalue weighted by molar-refractivity contribution is 5.98. The minimum absolute atomic E-state index is 0.183. The van der Waals surface area contributed by atoms with Crippen LogP contribution in [-0.4, -0.2) is 55.7 Å². The van der Waals surface area contributed by atoms with E-state index in [-0.39, 0.29) is 13.0 Å². The molecular weight excluding hydrogens is 488 g/mol. The molecule has 2 aromatic carbocycles. The highest BCUT2D eigenvalue weighted by atomic mass is 16.6. The van der Waals surface area contributed by atoms with Crippen LogP contribution in [0.15, 0.2) is 42.5 Å². The third-order valence-corrected chi connectivity index (χ3v) is 6.73. The van der Waals surface area contributed by atoms with E-state index in [4.69, 9.17) is 15.2 Å². The second kappa shape index (κ2) is 12.4. The summed E-state index contributed by atoms with van der Waals surface area (Å²) in [5, 5.41) is 7.08. The lowest BCUT2D eigenvalue weighted by molar-refractivity contribution is -0.143. The quantitative estimate of drug-likeness (QED) is 0.234. The fourth-order valence-corrected chi connectivity index (χ4v) is 4.67. The Morgan fingerprint density at radius 3 is 2.53 bits per heavy atom. The Kier molecular flexibility index (Phi) is 8.73. The zero-order valence-electron chi connectivity index (χ0n) is 21.7. The van der Waals surface area contributed by atoms with E-state index < -0.39 is 23.9 Å². The van der Waals surface area contributed by atoms with Crippen LogP contribution in [0.1, 0.15) is 48.2 Å². The zero-order valence-corrected chi connectivity index (χ0v) is 21.7. The predicted molar refractivity (Wildman–Crippen MR) is 144 cm³/mol. The number of fused-ring (bicyclic) bond motifs is 1. The van der Waals surface area contributed by atoms with E-state index in [0.29, 0.717) is 28.7 Å². The normalized spacial score (nSPS) is 14.5. The van der Waals surface area contributed by atoms with Crippen molar-refractivity contribution in [3.63, 3.8) is 0 Å². The Balaban J connectivity index is 1.43. The van der Waals surface area contributed by atoms with Crippen molar-refractivity contribution in [1.29, 1.82) is 0 Å². The number of carbonyl (C=O) groups excluding carboxylic acids is 3. The van der Waals surface area contributed by atoms with Crippen molar-refractivity contribution in [2.24, 2.45) is 0 Å². The molecule has 5 N–H and O–H groups in total. The Labute approximate surface area is 221 Å². The maximum absolute atomic E-state index is 13.0. The number of nitrogens with two attached hydrogens (primary N) is 1. The van der Waals surface area contributed by atoms with Gasteiger partial charge in [0.15, 0.2) is 6.61 Å². The van der Waals surface area contributed by atoms with E-state index in [9.17, 15) is 14.4 Å². The van der Waals surface area contributed by atoms with Gasteiger partial charge in [0, 0.05) is 34.6 Å². The van der Waals surface area contributed by atoms with Gasteiger partial charge in [-0.15, -0.1) is 0 Å². The number of carbonyl (C=O) groups is 3. The van der Waals surface area contributed by atoms with E-state index in [1.807, 2.05) is 18.2 Å². The molecule has 0 radical (unpaired) electrons. The van der Waals surface area contributed by atoms with Crippen molar-refractivity contribution in [3.8, 4) is 5.75 Å². The molecule has 0 spiro atoms. The molecule has 10 nitrogen and oxygen atoms in total. The molecule has 1 amide bonds. The van der Waals surface area contributed by atoms with Gasteiger partial charge in [0.1, 0.15) is 11.8 Å². The van der Waals surface area contributed by atoms with Crippen molar-refractivity contribution >= 4 is 40.1 Å². The van der Waals surface area contributed by atoms with Crippen LogP contribution < -0.4 is 21.1 Å². The first-order valence-electron chi connectivity index (χ1n) is 12.7. The molecule has 3 aromatic rings. The Morgan fingerprint density at radius 1 is 1.03 bits per heavy atom. The standard InChI is InChI=1S/C28H34N4O6/c1-36-26(33)16-38-21-9-11-23-18(13-21)12-20(31-23)15-25(28(35)37-2)32-27(34)17-8-10-24(22(29)14-17)30-19-6-4-3-5-7-19/h8-14,19,25,30-31H,3-7,15-16,29H2,1-2H3,(H,32,34)/t25-/m0/s1. The van der Waals surface area contributed by atoms with Crippen LogP contribution in [0.4, 0.5) is 11.4 Å². The molecule has 1 heterocycles. The van der Waals surface area contributed by atoms with Gasteiger partial charge in [-0.05, 0) is 55.3 Å². The molecule has 10 heteroatoms. The second-order valence-corrected chi connectivity index (χ2v) is 9.44. The fourth-order valence-electron chi connectivity index (χ4n) is 4.67. The summed E-state index contributed by atoms with van der Waals surface area (Å²) < 4.78 is 15.0. The number of benzene rings is 2. The number of ether oxygens (including phenoxy) is 3. The third kappa shape index (κ3) is 6.76. The first-order valence-corrected chi connectivity index (χ1v) is 12.7. The molecule has 0 saturated heterocycles. The SMILES string of the molecule is COC(=O)COc1ccc2[nH]c(C[C@H](NC(=O)c3ccc(NC4CCCCC4)c(N)c3)C(=O)OC)cc2c1. The predicted octanol–water partition coefficient (Wildman–Crippen LogP) is 3.56. The van der Waals surface area contributed by atoms with Crippen molar-refractivity contribution < 1.29 is 28.6 Å². The number of rotatable bonds is 10. The van der Waals surface area contributed by atoms with E-state index in [1.54, 1.807) is 24.3 Å². The Morgan fingerprint density at radius 2 is 1.82 bits per heavy atom. The number of esters is 2. The van der Waals surface area contributed by atoms with Gasteiger partial charge in [0.05, 0.1) is 25.6 Å². The van der Waals surface area contributed by atoms with E-state index >= 15 is 0 Å². The van der Waals surface area contributed by atoms with Crippen LogP contribution in [0.5, 0.6) is 5.75 Å². The summed E-state index contributed by atoms with van der Waals surface area (Å²) in [7, 11) is 2.57. The zero-order chi connectivity index (χ0) is 27.1. The largest absolute Gasteiger partial charge is 0.482 e. The average molecular weight is 523 g/mol. The maximum atomic E-state index is 13.0. The number of H-pyrrole nitrogens is 1. The number of amides is 1. The molecule has 38 heavy (non-hydrogen) atoms. The van der Waals surface area contributed by atoms with Gasteiger partial charge >= 0.3 is 11.9 Å². The van der Waals surface area contributed by atoms with Gasteiger partial charge in [-0.3, -0.25) is 4.79 Å². The van der Waals surface area contributed by atoms with Crippen molar-refractivity contribution in [3.05, 3.63) is 53.7 Å².